The highest BCUT2D eigenvalue weighted by Crippen LogP contribution is 2.27. The molecule has 0 heterocycles. The first-order chi connectivity index (χ1) is 11.5. The van der Waals surface area contributed by atoms with Gasteiger partial charge in [-0.25, -0.2) is 4.79 Å². The fraction of sp³-hybridized carbons (Fsp3) is 0.316. The van der Waals surface area contributed by atoms with Crippen molar-refractivity contribution in [3.63, 3.8) is 0 Å². The van der Waals surface area contributed by atoms with Crippen molar-refractivity contribution in [3.8, 4) is 5.75 Å². The molecule has 0 saturated carbocycles. The molecule has 5 heteroatoms. The van der Waals surface area contributed by atoms with E-state index in [4.69, 9.17) is 4.74 Å². The first kappa shape index (κ1) is 18.3. The lowest BCUT2D eigenvalue weighted by Gasteiger charge is -2.15. The summed E-state index contributed by atoms with van der Waals surface area (Å²) in [5.74, 6) is 1.29. The quantitative estimate of drug-likeness (QED) is 0.675. The zero-order chi connectivity index (χ0) is 17.5. The van der Waals surface area contributed by atoms with Gasteiger partial charge < -0.3 is 15.4 Å². The monoisotopic (exact) mass is 390 g/mol. The molecular formula is C19H23BrN2O2. The van der Waals surface area contributed by atoms with Crippen molar-refractivity contribution in [1.29, 1.82) is 0 Å². The minimum Gasteiger partial charge on any atom is -0.491 e. The summed E-state index contributed by atoms with van der Waals surface area (Å²) in [6, 6.07) is 13.4. The van der Waals surface area contributed by atoms with Crippen molar-refractivity contribution < 1.29 is 9.53 Å². The fourth-order valence-corrected chi connectivity index (χ4v) is 2.54. The topological polar surface area (TPSA) is 50.4 Å². The number of urea groups is 1. The lowest BCUT2D eigenvalue weighted by atomic mass is 10.0. The second-order valence-electron chi connectivity index (χ2n) is 5.93. The molecule has 0 bridgehead atoms. The molecule has 128 valence electrons. The van der Waals surface area contributed by atoms with Crippen molar-refractivity contribution >= 4 is 27.6 Å². The van der Waals surface area contributed by atoms with Crippen molar-refractivity contribution in [3.05, 3.63) is 58.1 Å². The van der Waals surface area contributed by atoms with Gasteiger partial charge in [-0.1, -0.05) is 41.9 Å². The second-order valence-corrected chi connectivity index (χ2v) is 6.85. The van der Waals surface area contributed by atoms with Crippen LogP contribution in [0.1, 0.15) is 30.9 Å². The summed E-state index contributed by atoms with van der Waals surface area (Å²) in [6.45, 7) is 7.19. The Labute approximate surface area is 151 Å². The number of benzene rings is 2. The van der Waals surface area contributed by atoms with E-state index in [9.17, 15) is 4.79 Å². The summed E-state index contributed by atoms with van der Waals surface area (Å²) in [5.41, 5.74) is 3.09. The number of hydrogen-bond acceptors (Lipinski definition) is 2. The zero-order valence-electron chi connectivity index (χ0n) is 14.2. The predicted molar refractivity (Wildman–Crippen MR) is 102 cm³/mol. The van der Waals surface area contributed by atoms with Gasteiger partial charge in [-0.2, -0.15) is 0 Å². The minimum absolute atomic E-state index is 0.241. The summed E-state index contributed by atoms with van der Waals surface area (Å²) < 4.78 is 6.82. The molecule has 2 aromatic carbocycles. The van der Waals surface area contributed by atoms with Gasteiger partial charge in [-0.15, -0.1) is 0 Å². The Morgan fingerprint density at radius 2 is 1.88 bits per heavy atom. The Hall–Kier alpha value is -2.01. The number of amides is 2. The van der Waals surface area contributed by atoms with Gasteiger partial charge in [-0.05, 0) is 54.3 Å². The lowest BCUT2D eigenvalue weighted by molar-refractivity contribution is 0.247. The molecule has 0 unspecified atom stereocenters. The minimum atomic E-state index is -0.241. The van der Waals surface area contributed by atoms with Crippen LogP contribution in [0.25, 0.3) is 0 Å². The van der Waals surface area contributed by atoms with Gasteiger partial charge in [0.1, 0.15) is 12.4 Å². The Morgan fingerprint density at radius 1 is 1.17 bits per heavy atom. The maximum Gasteiger partial charge on any atom is 0.319 e. The number of aryl methyl sites for hydroxylation is 1. The van der Waals surface area contributed by atoms with E-state index in [1.54, 1.807) is 0 Å². The van der Waals surface area contributed by atoms with Gasteiger partial charge in [-0.3, -0.25) is 0 Å². The normalized spacial score (nSPS) is 10.5. The average molecular weight is 391 g/mol. The summed E-state index contributed by atoms with van der Waals surface area (Å²) >= 11 is 3.36. The molecule has 0 aliphatic heterocycles. The molecule has 0 radical (unpaired) electrons. The van der Waals surface area contributed by atoms with E-state index in [0.717, 1.165) is 21.5 Å². The molecule has 0 spiro atoms. The van der Waals surface area contributed by atoms with Crippen LogP contribution in [-0.4, -0.2) is 19.2 Å². The van der Waals surface area contributed by atoms with Crippen molar-refractivity contribution in [2.75, 3.05) is 18.5 Å². The van der Waals surface area contributed by atoms with E-state index in [-0.39, 0.29) is 6.03 Å². The molecule has 2 aromatic rings. The molecule has 0 atom stereocenters. The van der Waals surface area contributed by atoms with Crippen LogP contribution in [0.15, 0.2) is 46.9 Å². The summed E-state index contributed by atoms with van der Waals surface area (Å²) in [4.78, 5) is 11.8. The molecule has 0 aliphatic carbocycles. The van der Waals surface area contributed by atoms with Crippen molar-refractivity contribution in [2.24, 2.45) is 0 Å². The Morgan fingerprint density at radius 3 is 2.54 bits per heavy atom. The van der Waals surface area contributed by atoms with Crippen LogP contribution in [0.5, 0.6) is 5.75 Å². The van der Waals surface area contributed by atoms with Crippen LogP contribution in [0.4, 0.5) is 10.5 Å². The summed E-state index contributed by atoms with van der Waals surface area (Å²) in [6.07, 6.45) is 0. The molecule has 0 aromatic heterocycles. The zero-order valence-corrected chi connectivity index (χ0v) is 15.8. The molecule has 0 aliphatic rings. The third-order valence-corrected chi connectivity index (χ3v) is 4.07. The van der Waals surface area contributed by atoms with E-state index < -0.39 is 0 Å². The molecule has 0 saturated heterocycles. The summed E-state index contributed by atoms with van der Waals surface area (Å²) in [5, 5.41) is 5.57. The van der Waals surface area contributed by atoms with E-state index in [1.807, 2.05) is 37.3 Å². The van der Waals surface area contributed by atoms with Crippen LogP contribution >= 0.6 is 15.9 Å². The number of ether oxygens (including phenoxy) is 1. The van der Waals surface area contributed by atoms with Crippen LogP contribution in [0.2, 0.25) is 0 Å². The van der Waals surface area contributed by atoms with Crippen LogP contribution in [-0.2, 0) is 0 Å². The third kappa shape index (κ3) is 5.57. The van der Waals surface area contributed by atoms with Crippen molar-refractivity contribution in [2.45, 2.75) is 26.7 Å². The van der Waals surface area contributed by atoms with Gasteiger partial charge in [0.15, 0.2) is 0 Å². The number of halogens is 1. The number of anilines is 1. The molecule has 0 fully saturated rings. The van der Waals surface area contributed by atoms with E-state index in [2.05, 4.69) is 52.5 Å². The highest BCUT2D eigenvalue weighted by molar-refractivity contribution is 9.10. The van der Waals surface area contributed by atoms with E-state index >= 15 is 0 Å². The lowest BCUT2D eigenvalue weighted by Crippen LogP contribution is -2.32. The molecular weight excluding hydrogens is 368 g/mol. The number of carbonyl (C=O) groups excluding carboxylic acids is 1. The van der Waals surface area contributed by atoms with E-state index in [1.165, 1.54) is 5.56 Å². The van der Waals surface area contributed by atoms with Gasteiger partial charge in [0.2, 0.25) is 0 Å². The number of nitrogens with one attached hydrogen (secondary N) is 2. The smallest absolute Gasteiger partial charge is 0.319 e. The number of rotatable bonds is 6. The van der Waals surface area contributed by atoms with Crippen LogP contribution in [0.3, 0.4) is 0 Å². The highest BCUT2D eigenvalue weighted by Gasteiger charge is 2.08. The average Bonchev–Trinajstić information content (AvgIpc) is 2.53. The largest absolute Gasteiger partial charge is 0.491 e. The van der Waals surface area contributed by atoms with Crippen molar-refractivity contribution in [1.82, 2.24) is 5.32 Å². The summed E-state index contributed by atoms with van der Waals surface area (Å²) in [7, 11) is 0. The predicted octanol–water partition coefficient (Wildman–Crippen LogP) is 5.08. The Bertz CT molecular complexity index is 684. The molecule has 2 rings (SSSR count). The SMILES string of the molecule is Cc1ccc(C(C)C)c(OCCNC(=O)Nc2ccc(Br)cc2)c1. The van der Waals surface area contributed by atoms with Crippen LogP contribution < -0.4 is 15.4 Å². The maximum atomic E-state index is 11.8. The molecule has 4 nitrogen and oxygen atoms in total. The van der Waals surface area contributed by atoms with Gasteiger partial charge in [0.05, 0.1) is 6.54 Å². The molecule has 2 amide bonds. The standard InChI is InChI=1S/C19H23BrN2O2/c1-13(2)17-9-4-14(3)12-18(17)24-11-10-21-19(23)22-16-7-5-15(20)6-8-16/h4-9,12-13H,10-11H2,1-3H3,(H2,21,22,23). The van der Waals surface area contributed by atoms with Gasteiger partial charge >= 0.3 is 6.03 Å². The number of carbonyl (C=O) groups is 1. The van der Waals surface area contributed by atoms with Gasteiger partial charge in [0, 0.05) is 10.2 Å². The second kappa shape index (κ2) is 8.73. The highest BCUT2D eigenvalue weighted by atomic mass is 79.9. The Balaban J connectivity index is 1.79. The third-order valence-electron chi connectivity index (χ3n) is 3.54. The number of hydrogen-bond donors (Lipinski definition) is 2. The van der Waals surface area contributed by atoms with Gasteiger partial charge in [0.25, 0.3) is 0 Å². The Kier molecular flexibility index (Phi) is 6.67. The first-order valence-corrected chi connectivity index (χ1v) is 8.79. The molecule has 24 heavy (non-hydrogen) atoms. The molecule has 2 N–H and O–H groups in total. The van der Waals surface area contributed by atoms with E-state index in [0.29, 0.717) is 19.1 Å². The first-order valence-electron chi connectivity index (χ1n) is 7.99. The maximum absolute atomic E-state index is 11.8. The van der Waals surface area contributed by atoms with Crippen LogP contribution in [0, 0.1) is 6.92 Å². The fourth-order valence-electron chi connectivity index (χ4n) is 2.28.